The number of primary amides is 1. The lowest BCUT2D eigenvalue weighted by molar-refractivity contribution is -0.143. The van der Waals surface area contributed by atoms with E-state index in [1.807, 2.05) is 13.8 Å². The number of rotatable bonds is 19. The number of nitrogens with zero attached hydrogens (tertiary/aromatic N) is 1. The zero-order valence-corrected chi connectivity index (χ0v) is 26.7. The molecule has 1 saturated heterocycles. The SMILES string of the molecule is CCCC(NC(=O)[C@@H]1CCCN1C(=O)C(NC(=O)OCC(C)C)C(C)C)C(=O)C(=O)NCC(=O)NC(CCCC(=O)O)C(N)=O. The van der Waals surface area contributed by atoms with Crippen LogP contribution in [-0.2, 0) is 38.3 Å². The number of Topliss-reactive ketones (excluding diaryl/α,β-unsaturated/α-hetero) is 1. The van der Waals surface area contributed by atoms with Crippen molar-refractivity contribution in [2.45, 2.75) is 104 Å². The van der Waals surface area contributed by atoms with E-state index in [9.17, 15) is 38.4 Å². The number of ether oxygens (including phenoxy) is 1. The van der Waals surface area contributed by atoms with Gasteiger partial charge in [0.1, 0.15) is 18.1 Å². The number of nitrogens with one attached hydrogen (secondary N) is 4. The number of carbonyl (C=O) groups excluding carboxylic acids is 7. The van der Waals surface area contributed by atoms with E-state index in [1.165, 1.54) is 4.90 Å². The molecule has 0 aromatic heterocycles. The number of amides is 6. The Morgan fingerprint density at radius 1 is 0.956 bits per heavy atom. The fourth-order valence-corrected chi connectivity index (χ4v) is 4.63. The second kappa shape index (κ2) is 19.2. The number of carboxylic acid groups (broad SMARTS) is 1. The van der Waals surface area contributed by atoms with Crippen LogP contribution in [0.4, 0.5) is 4.79 Å². The highest BCUT2D eigenvalue weighted by molar-refractivity contribution is 6.38. The van der Waals surface area contributed by atoms with Crippen molar-refractivity contribution in [1.29, 1.82) is 0 Å². The van der Waals surface area contributed by atoms with Gasteiger partial charge in [0.05, 0.1) is 19.2 Å². The molecule has 0 aromatic carbocycles. The summed E-state index contributed by atoms with van der Waals surface area (Å²) in [5, 5.41) is 18.3. The van der Waals surface area contributed by atoms with Gasteiger partial charge in [-0.2, -0.15) is 0 Å². The van der Waals surface area contributed by atoms with Gasteiger partial charge in [0.15, 0.2) is 0 Å². The van der Waals surface area contributed by atoms with Gasteiger partial charge in [-0.05, 0) is 43.9 Å². The number of nitrogens with two attached hydrogens (primary N) is 1. The van der Waals surface area contributed by atoms with Crippen LogP contribution in [0, 0.1) is 11.8 Å². The highest BCUT2D eigenvalue weighted by Gasteiger charge is 2.40. The molecule has 1 rings (SSSR count). The molecule has 4 atom stereocenters. The molecular weight excluding hydrogens is 592 g/mol. The largest absolute Gasteiger partial charge is 0.481 e. The molecule has 254 valence electrons. The third-order valence-corrected chi connectivity index (χ3v) is 7.00. The van der Waals surface area contributed by atoms with Gasteiger partial charge in [0, 0.05) is 13.0 Å². The van der Waals surface area contributed by atoms with Crippen molar-refractivity contribution in [2.75, 3.05) is 19.7 Å². The lowest BCUT2D eigenvalue weighted by atomic mass is 10.0. The first-order valence-corrected chi connectivity index (χ1v) is 15.3. The molecule has 45 heavy (non-hydrogen) atoms. The van der Waals surface area contributed by atoms with Crippen molar-refractivity contribution >= 4 is 47.4 Å². The molecule has 0 bridgehead atoms. The zero-order chi connectivity index (χ0) is 34.3. The van der Waals surface area contributed by atoms with Crippen LogP contribution in [0.25, 0.3) is 0 Å². The van der Waals surface area contributed by atoms with Gasteiger partial charge < -0.3 is 41.7 Å². The second-order valence-corrected chi connectivity index (χ2v) is 11.8. The Morgan fingerprint density at radius 2 is 1.62 bits per heavy atom. The van der Waals surface area contributed by atoms with Crippen LogP contribution in [0.1, 0.15) is 79.6 Å². The summed E-state index contributed by atoms with van der Waals surface area (Å²) in [6, 6.07) is -4.28. The third-order valence-electron chi connectivity index (χ3n) is 7.00. The van der Waals surface area contributed by atoms with Gasteiger partial charge in [0.2, 0.25) is 29.4 Å². The maximum absolute atomic E-state index is 13.4. The molecule has 7 N–H and O–H groups in total. The zero-order valence-electron chi connectivity index (χ0n) is 26.7. The average Bonchev–Trinajstić information content (AvgIpc) is 3.46. The first kappa shape index (κ1) is 38.8. The van der Waals surface area contributed by atoms with Gasteiger partial charge in [-0.1, -0.05) is 41.0 Å². The number of likely N-dealkylation sites (tertiary alicyclic amines) is 1. The second-order valence-electron chi connectivity index (χ2n) is 11.8. The molecular formula is C29H48N6O10. The van der Waals surface area contributed by atoms with Crippen LogP contribution >= 0.6 is 0 Å². The van der Waals surface area contributed by atoms with Crippen LogP contribution in [-0.4, -0.2) is 101 Å². The smallest absolute Gasteiger partial charge is 0.407 e. The number of carboxylic acids is 1. The van der Waals surface area contributed by atoms with Gasteiger partial charge >= 0.3 is 12.1 Å². The van der Waals surface area contributed by atoms with Gasteiger partial charge in [0.25, 0.3) is 5.91 Å². The summed E-state index contributed by atoms with van der Waals surface area (Å²) in [6.07, 6.45) is 0.432. The summed E-state index contributed by atoms with van der Waals surface area (Å²) in [4.78, 5) is 100. The fourth-order valence-electron chi connectivity index (χ4n) is 4.63. The van der Waals surface area contributed by atoms with Gasteiger partial charge in [-0.25, -0.2) is 4.79 Å². The molecule has 3 unspecified atom stereocenters. The van der Waals surface area contributed by atoms with E-state index in [0.29, 0.717) is 19.3 Å². The van der Waals surface area contributed by atoms with Crippen LogP contribution in [0.2, 0.25) is 0 Å². The van der Waals surface area contributed by atoms with Crippen LogP contribution < -0.4 is 27.0 Å². The van der Waals surface area contributed by atoms with Crippen LogP contribution in [0.3, 0.4) is 0 Å². The third kappa shape index (κ3) is 13.5. The van der Waals surface area contributed by atoms with Crippen molar-refractivity contribution in [1.82, 2.24) is 26.2 Å². The Bertz CT molecular complexity index is 1100. The first-order chi connectivity index (χ1) is 21.1. The summed E-state index contributed by atoms with van der Waals surface area (Å²) in [7, 11) is 0. The van der Waals surface area contributed by atoms with Crippen molar-refractivity contribution in [2.24, 2.45) is 17.6 Å². The number of alkyl carbamates (subject to hydrolysis) is 1. The molecule has 0 saturated carbocycles. The Hall–Kier alpha value is -4.24. The molecule has 0 aromatic rings. The predicted octanol–water partition coefficient (Wildman–Crippen LogP) is -0.421. The fraction of sp³-hybridized carbons (Fsp3) is 0.724. The highest BCUT2D eigenvalue weighted by Crippen LogP contribution is 2.21. The lowest BCUT2D eigenvalue weighted by Crippen LogP contribution is -2.57. The molecule has 1 aliphatic rings. The first-order valence-electron chi connectivity index (χ1n) is 15.3. The molecule has 1 fully saturated rings. The van der Waals surface area contributed by atoms with Crippen molar-refractivity contribution in [3.05, 3.63) is 0 Å². The van der Waals surface area contributed by atoms with Crippen molar-refractivity contribution < 1.29 is 48.2 Å². The van der Waals surface area contributed by atoms with E-state index in [-0.39, 0.29) is 50.7 Å². The maximum Gasteiger partial charge on any atom is 0.407 e. The number of ketones is 1. The quantitative estimate of drug-likeness (QED) is 0.0996. The summed E-state index contributed by atoms with van der Waals surface area (Å²) in [5.41, 5.74) is 5.25. The monoisotopic (exact) mass is 640 g/mol. The minimum Gasteiger partial charge on any atom is -0.481 e. The number of hydrogen-bond acceptors (Lipinski definition) is 9. The van der Waals surface area contributed by atoms with Gasteiger partial charge in [-0.15, -0.1) is 0 Å². The van der Waals surface area contributed by atoms with Crippen LogP contribution in [0.15, 0.2) is 0 Å². The van der Waals surface area contributed by atoms with E-state index < -0.39 is 78.1 Å². The molecule has 6 amide bonds. The molecule has 1 heterocycles. The minimum atomic E-state index is -1.23. The number of carbonyl (C=O) groups is 8. The van der Waals surface area contributed by atoms with E-state index in [0.717, 1.165) is 0 Å². The maximum atomic E-state index is 13.4. The highest BCUT2D eigenvalue weighted by atomic mass is 16.5. The Kier molecular flexibility index (Phi) is 16.6. The molecule has 1 aliphatic heterocycles. The van der Waals surface area contributed by atoms with E-state index in [2.05, 4.69) is 21.3 Å². The summed E-state index contributed by atoms with van der Waals surface area (Å²) >= 11 is 0. The average molecular weight is 641 g/mol. The summed E-state index contributed by atoms with van der Waals surface area (Å²) < 4.78 is 5.15. The summed E-state index contributed by atoms with van der Waals surface area (Å²) in [5.74, 6) is -6.25. The Morgan fingerprint density at radius 3 is 2.18 bits per heavy atom. The molecule has 16 nitrogen and oxygen atoms in total. The van der Waals surface area contributed by atoms with Crippen LogP contribution in [0.5, 0.6) is 0 Å². The topological polar surface area (TPSA) is 243 Å². The van der Waals surface area contributed by atoms with E-state index in [1.54, 1.807) is 20.8 Å². The number of aliphatic carboxylic acids is 1. The molecule has 16 heteroatoms. The minimum absolute atomic E-state index is 0.0261. The van der Waals surface area contributed by atoms with E-state index >= 15 is 0 Å². The van der Waals surface area contributed by atoms with Crippen molar-refractivity contribution in [3.8, 4) is 0 Å². The van der Waals surface area contributed by atoms with E-state index in [4.69, 9.17) is 15.6 Å². The van der Waals surface area contributed by atoms with Gasteiger partial charge in [-0.3, -0.25) is 33.6 Å². The molecule has 0 spiro atoms. The number of hydrogen-bond donors (Lipinski definition) is 6. The Balaban J connectivity index is 2.83. The Labute approximate surface area is 262 Å². The standard InChI is InChI=1S/C29H48N6O10/c1-6-9-18(24(39)27(42)31-14-21(36)32-19(25(30)40)10-7-12-22(37)38)33-26(41)20-11-8-13-35(20)28(43)23(17(4)5)34-29(44)45-15-16(2)3/h16-20,23H,6-15H2,1-5H3,(H2,30,40)(H,31,42)(H,32,36)(H,33,41)(H,34,44)(H,37,38)/t18?,19?,20-,23?/m0/s1. The molecule has 0 aliphatic carbocycles. The molecule has 0 radical (unpaired) electrons. The predicted molar refractivity (Wildman–Crippen MR) is 160 cm³/mol. The lowest BCUT2D eigenvalue weighted by Gasteiger charge is -2.31. The summed E-state index contributed by atoms with van der Waals surface area (Å²) in [6.45, 7) is 8.75. The normalized spacial score (nSPS) is 16.3. The van der Waals surface area contributed by atoms with Crippen molar-refractivity contribution in [3.63, 3.8) is 0 Å².